The van der Waals surface area contributed by atoms with Crippen molar-refractivity contribution in [1.29, 1.82) is 0 Å². The molecule has 0 heterocycles. The summed E-state index contributed by atoms with van der Waals surface area (Å²) >= 11 is 0. The Morgan fingerprint density at radius 1 is 1.28 bits per heavy atom. The molecule has 3 nitrogen and oxygen atoms in total. The van der Waals surface area contributed by atoms with Gasteiger partial charge >= 0.3 is 0 Å². The summed E-state index contributed by atoms with van der Waals surface area (Å²) < 4.78 is 0. The Morgan fingerprint density at radius 2 is 1.89 bits per heavy atom. The Bertz CT molecular complexity index is 371. The summed E-state index contributed by atoms with van der Waals surface area (Å²) in [5.41, 5.74) is 1.96. The lowest BCUT2D eigenvalue weighted by molar-refractivity contribution is 0.0754. The number of amides is 1. The maximum absolute atomic E-state index is 12.2. The first-order valence-electron chi connectivity index (χ1n) is 6.60. The summed E-state index contributed by atoms with van der Waals surface area (Å²) in [5.74, 6) is 0.520. The van der Waals surface area contributed by atoms with E-state index in [1.807, 2.05) is 31.2 Å². The van der Waals surface area contributed by atoms with Gasteiger partial charge in [0.05, 0.1) is 0 Å². The summed E-state index contributed by atoms with van der Waals surface area (Å²) in [6, 6.07) is 7.80. The van der Waals surface area contributed by atoms with E-state index in [2.05, 4.69) is 13.8 Å². The first kappa shape index (κ1) is 14.7. The van der Waals surface area contributed by atoms with Gasteiger partial charge in [-0.3, -0.25) is 4.79 Å². The van der Waals surface area contributed by atoms with E-state index in [1.54, 1.807) is 4.90 Å². The number of benzene rings is 1. The van der Waals surface area contributed by atoms with Crippen LogP contribution < -0.4 is 0 Å². The molecule has 0 radical (unpaired) electrons. The normalized spacial score (nSPS) is 10.7. The molecule has 1 aromatic carbocycles. The number of carbonyl (C=O) groups is 1. The molecular weight excluding hydrogens is 226 g/mol. The predicted molar refractivity (Wildman–Crippen MR) is 73.8 cm³/mol. The Morgan fingerprint density at radius 3 is 2.33 bits per heavy atom. The highest BCUT2D eigenvalue weighted by atomic mass is 16.3. The van der Waals surface area contributed by atoms with E-state index in [1.165, 1.54) is 5.56 Å². The van der Waals surface area contributed by atoms with E-state index in [-0.39, 0.29) is 12.5 Å². The highest BCUT2D eigenvalue weighted by Crippen LogP contribution is 2.15. The Balaban J connectivity index is 2.75. The van der Waals surface area contributed by atoms with Crippen molar-refractivity contribution in [1.82, 2.24) is 4.90 Å². The van der Waals surface area contributed by atoms with E-state index in [9.17, 15) is 4.79 Å². The standard InChI is InChI=1S/C15H23NO2/c1-4-16(10-5-11-17)15(18)14-8-6-13(7-9-14)12(2)3/h6-9,12,17H,4-5,10-11H2,1-3H3. The molecule has 3 heteroatoms. The first-order valence-corrected chi connectivity index (χ1v) is 6.60. The summed E-state index contributed by atoms with van der Waals surface area (Å²) in [4.78, 5) is 14.0. The van der Waals surface area contributed by atoms with Gasteiger partial charge in [-0.15, -0.1) is 0 Å². The quantitative estimate of drug-likeness (QED) is 0.842. The van der Waals surface area contributed by atoms with Crippen LogP contribution >= 0.6 is 0 Å². The van der Waals surface area contributed by atoms with Crippen molar-refractivity contribution in [3.63, 3.8) is 0 Å². The lowest BCUT2D eigenvalue weighted by atomic mass is 10.0. The molecule has 0 saturated carbocycles. The van der Waals surface area contributed by atoms with Gasteiger partial charge in [0.15, 0.2) is 0 Å². The summed E-state index contributed by atoms with van der Waals surface area (Å²) in [6.45, 7) is 7.63. The van der Waals surface area contributed by atoms with Gasteiger partial charge in [0, 0.05) is 25.3 Å². The lowest BCUT2D eigenvalue weighted by Gasteiger charge is -2.20. The minimum Gasteiger partial charge on any atom is -0.396 e. The SMILES string of the molecule is CCN(CCCO)C(=O)c1ccc(C(C)C)cc1. The molecule has 0 spiro atoms. The molecule has 0 aliphatic heterocycles. The van der Waals surface area contributed by atoms with Crippen LogP contribution in [-0.4, -0.2) is 35.6 Å². The van der Waals surface area contributed by atoms with Crippen LogP contribution in [0.4, 0.5) is 0 Å². The number of hydrogen-bond donors (Lipinski definition) is 1. The average molecular weight is 249 g/mol. The second-order valence-electron chi connectivity index (χ2n) is 4.74. The molecule has 1 rings (SSSR count). The topological polar surface area (TPSA) is 40.5 Å². The monoisotopic (exact) mass is 249 g/mol. The Labute approximate surface area is 109 Å². The lowest BCUT2D eigenvalue weighted by Crippen LogP contribution is -2.32. The van der Waals surface area contributed by atoms with Crippen molar-refractivity contribution in [2.45, 2.75) is 33.1 Å². The number of aliphatic hydroxyl groups excluding tert-OH is 1. The van der Waals surface area contributed by atoms with Crippen LogP contribution in [-0.2, 0) is 0 Å². The van der Waals surface area contributed by atoms with Crippen molar-refractivity contribution in [2.24, 2.45) is 0 Å². The molecule has 1 amide bonds. The number of rotatable bonds is 6. The Hall–Kier alpha value is -1.35. The Kier molecular flexibility index (Phi) is 5.86. The molecule has 1 N–H and O–H groups in total. The van der Waals surface area contributed by atoms with Gasteiger partial charge in [-0.25, -0.2) is 0 Å². The van der Waals surface area contributed by atoms with Gasteiger partial charge in [-0.05, 0) is 37.0 Å². The third-order valence-electron chi connectivity index (χ3n) is 3.08. The van der Waals surface area contributed by atoms with Gasteiger partial charge in [-0.2, -0.15) is 0 Å². The molecule has 0 fully saturated rings. The zero-order valence-electron chi connectivity index (χ0n) is 11.5. The zero-order valence-corrected chi connectivity index (χ0v) is 11.5. The first-order chi connectivity index (χ1) is 8.60. The molecule has 0 saturated heterocycles. The van der Waals surface area contributed by atoms with Crippen LogP contribution in [0, 0.1) is 0 Å². The highest BCUT2D eigenvalue weighted by molar-refractivity contribution is 5.94. The molecule has 0 bridgehead atoms. The van der Waals surface area contributed by atoms with E-state index in [4.69, 9.17) is 5.11 Å². The van der Waals surface area contributed by atoms with Gasteiger partial charge < -0.3 is 10.0 Å². The second kappa shape index (κ2) is 7.17. The van der Waals surface area contributed by atoms with Gasteiger partial charge in [-0.1, -0.05) is 26.0 Å². The van der Waals surface area contributed by atoms with Crippen LogP contribution in [0.25, 0.3) is 0 Å². The fourth-order valence-corrected chi connectivity index (χ4v) is 1.86. The van der Waals surface area contributed by atoms with Gasteiger partial charge in [0.2, 0.25) is 0 Å². The van der Waals surface area contributed by atoms with Crippen molar-refractivity contribution in [3.8, 4) is 0 Å². The third kappa shape index (κ3) is 3.84. The van der Waals surface area contributed by atoms with Crippen LogP contribution in [0.3, 0.4) is 0 Å². The summed E-state index contributed by atoms with van der Waals surface area (Å²) in [6.07, 6.45) is 0.629. The zero-order chi connectivity index (χ0) is 13.5. The van der Waals surface area contributed by atoms with E-state index < -0.39 is 0 Å². The molecule has 0 atom stereocenters. The molecule has 0 aromatic heterocycles. The van der Waals surface area contributed by atoms with Crippen LogP contribution in [0.1, 0.15) is 49.0 Å². The van der Waals surface area contributed by atoms with E-state index >= 15 is 0 Å². The fraction of sp³-hybridized carbons (Fsp3) is 0.533. The van der Waals surface area contributed by atoms with Crippen molar-refractivity contribution >= 4 is 5.91 Å². The molecule has 0 unspecified atom stereocenters. The molecule has 18 heavy (non-hydrogen) atoms. The van der Waals surface area contributed by atoms with E-state index in [0.717, 1.165) is 5.56 Å². The largest absolute Gasteiger partial charge is 0.396 e. The maximum Gasteiger partial charge on any atom is 0.253 e. The maximum atomic E-state index is 12.2. The predicted octanol–water partition coefficient (Wildman–Crippen LogP) is 2.65. The molecule has 100 valence electrons. The minimum atomic E-state index is 0.0428. The molecule has 0 aliphatic rings. The molecular formula is C15H23NO2. The van der Waals surface area contributed by atoms with Crippen LogP contribution in [0.2, 0.25) is 0 Å². The van der Waals surface area contributed by atoms with E-state index in [0.29, 0.717) is 25.4 Å². The number of hydrogen-bond acceptors (Lipinski definition) is 2. The number of aliphatic hydroxyl groups is 1. The van der Waals surface area contributed by atoms with Crippen LogP contribution in [0.5, 0.6) is 0 Å². The summed E-state index contributed by atoms with van der Waals surface area (Å²) in [7, 11) is 0. The minimum absolute atomic E-state index is 0.0428. The smallest absolute Gasteiger partial charge is 0.253 e. The second-order valence-corrected chi connectivity index (χ2v) is 4.74. The molecule has 0 aliphatic carbocycles. The molecule has 1 aromatic rings. The number of nitrogens with zero attached hydrogens (tertiary/aromatic N) is 1. The van der Waals surface area contributed by atoms with Crippen molar-refractivity contribution in [2.75, 3.05) is 19.7 Å². The fourth-order valence-electron chi connectivity index (χ4n) is 1.86. The van der Waals surface area contributed by atoms with Gasteiger partial charge in [0.25, 0.3) is 5.91 Å². The summed E-state index contributed by atoms with van der Waals surface area (Å²) in [5, 5.41) is 8.82. The van der Waals surface area contributed by atoms with Crippen LogP contribution in [0.15, 0.2) is 24.3 Å². The van der Waals surface area contributed by atoms with Crippen molar-refractivity contribution < 1.29 is 9.90 Å². The average Bonchev–Trinajstić information content (AvgIpc) is 2.39. The van der Waals surface area contributed by atoms with Crippen molar-refractivity contribution in [3.05, 3.63) is 35.4 Å². The number of carbonyl (C=O) groups excluding carboxylic acids is 1. The van der Waals surface area contributed by atoms with Gasteiger partial charge in [0.1, 0.15) is 0 Å². The third-order valence-corrected chi connectivity index (χ3v) is 3.08. The highest BCUT2D eigenvalue weighted by Gasteiger charge is 2.13.